The second kappa shape index (κ2) is 6.38. The largest absolute Gasteiger partial charge is 0.490 e. The number of thiazole rings is 1. The highest BCUT2D eigenvalue weighted by molar-refractivity contribution is 7.22. The summed E-state index contributed by atoms with van der Waals surface area (Å²) in [5.41, 5.74) is 1.09. The highest BCUT2D eigenvalue weighted by Gasteiger charge is 2.22. The Morgan fingerprint density at radius 3 is 2.70 bits per heavy atom. The summed E-state index contributed by atoms with van der Waals surface area (Å²) in [6.07, 6.45) is 2.25. The predicted octanol–water partition coefficient (Wildman–Crippen LogP) is 5.00. The smallest absolute Gasteiger partial charge is 0.186 e. The number of fused-ring (bicyclic) bond motifs is 1. The van der Waals surface area contributed by atoms with Crippen LogP contribution in [0.1, 0.15) is 12.8 Å². The molecule has 0 radical (unpaired) electrons. The van der Waals surface area contributed by atoms with Crippen molar-refractivity contribution in [3.8, 4) is 5.75 Å². The number of anilines is 1. The van der Waals surface area contributed by atoms with Crippen molar-refractivity contribution in [1.29, 1.82) is 0 Å². The normalized spacial score (nSPS) is 16.0. The Hall–Kier alpha value is -1.78. The summed E-state index contributed by atoms with van der Waals surface area (Å²) in [6.45, 7) is 1.95. The zero-order chi connectivity index (χ0) is 15.6. The van der Waals surface area contributed by atoms with Gasteiger partial charge >= 0.3 is 0 Å². The van der Waals surface area contributed by atoms with Crippen LogP contribution < -0.4 is 9.64 Å². The van der Waals surface area contributed by atoms with E-state index in [0.29, 0.717) is 0 Å². The molecule has 0 unspecified atom stereocenters. The quantitative estimate of drug-likeness (QED) is 0.668. The van der Waals surface area contributed by atoms with E-state index in [9.17, 15) is 0 Å². The van der Waals surface area contributed by atoms with Gasteiger partial charge in [0.25, 0.3) is 0 Å². The third-order valence-electron chi connectivity index (χ3n) is 4.09. The molecule has 0 spiro atoms. The maximum Gasteiger partial charge on any atom is 0.186 e. The zero-order valence-corrected chi connectivity index (χ0v) is 14.2. The molecule has 0 amide bonds. The molecule has 1 fully saturated rings. The fraction of sp³-hybridized carbons (Fsp3) is 0.278. The Labute approximate surface area is 144 Å². The van der Waals surface area contributed by atoms with Crippen molar-refractivity contribution < 1.29 is 4.74 Å². The third-order valence-corrected chi connectivity index (χ3v) is 5.43. The summed E-state index contributed by atoms with van der Waals surface area (Å²) in [7, 11) is 0. The molecule has 0 saturated carbocycles. The van der Waals surface area contributed by atoms with E-state index in [1.54, 1.807) is 11.3 Å². The van der Waals surface area contributed by atoms with Gasteiger partial charge in [-0.05, 0) is 30.3 Å². The number of halogens is 1. The van der Waals surface area contributed by atoms with Crippen molar-refractivity contribution in [2.75, 3.05) is 18.0 Å². The molecule has 0 atom stereocenters. The highest BCUT2D eigenvalue weighted by Crippen LogP contribution is 2.31. The van der Waals surface area contributed by atoms with Gasteiger partial charge < -0.3 is 9.64 Å². The molecule has 1 saturated heterocycles. The predicted molar refractivity (Wildman–Crippen MR) is 96.9 cm³/mol. The third kappa shape index (κ3) is 3.28. The Bertz CT molecular complexity index is 778. The van der Waals surface area contributed by atoms with Crippen molar-refractivity contribution in [3.63, 3.8) is 0 Å². The van der Waals surface area contributed by atoms with E-state index in [2.05, 4.69) is 23.1 Å². The Morgan fingerprint density at radius 2 is 1.91 bits per heavy atom. The molecule has 1 aromatic heterocycles. The number of hydrogen-bond acceptors (Lipinski definition) is 4. The standard InChI is InChI=1S/C18H17ClN2OS/c19-13-4-3-5-15(12-13)22-14-8-10-21(11-9-14)18-20-16-6-1-2-7-17(16)23-18/h1-7,12,14H,8-11H2. The van der Waals surface area contributed by atoms with Crippen LogP contribution in [0.25, 0.3) is 10.2 Å². The minimum atomic E-state index is 0.249. The van der Waals surface area contributed by atoms with Gasteiger partial charge in [-0.1, -0.05) is 41.1 Å². The molecule has 118 valence electrons. The number of piperidine rings is 1. The number of aromatic nitrogens is 1. The average Bonchev–Trinajstić information content (AvgIpc) is 2.99. The lowest BCUT2D eigenvalue weighted by atomic mass is 10.1. The molecule has 1 aliphatic heterocycles. The van der Waals surface area contributed by atoms with Gasteiger partial charge in [0.2, 0.25) is 0 Å². The van der Waals surface area contributed by atoms with Crippen LogP contribution in [0.4, 0.5) is 5.13 Å². The van der Waals surface area contributed by atoms with E-state index in [0.717, 1.165) is 47.4 Å². The minimum Gasteiger partial charge on any atom is -0.490 e. The molecule has 0 bridgehead atoms. The first kappa shape index (κ1) is 14.8. The van der Waals surface area contributed by atoms with Gasteiger partial charge in [0, 0.05) is 31.0 Å². The van der Waals surface area contributed by atoms with Crippen LogP contribution in [0.5, 0.6) is 5.75 Å². The topological polar surface area (TPSA) is 25.4 Å². The summed E-state index contributed by atoms with van der Waals surface area (Å²) < 4.78 is 7.30. The Morgan fingerprint density at radius 1 is 1.09 bits per heavy atom. The number of hydrogen-bond donors (Lipinski definition) is 0. The maximum absolute atomic E-state index is 6.05. The van der Waals surface area contributed by atoms with Crippen molar-refractivity contribution in [1.82, 2.24) is 4.98 Å². The SMILES string of the molecule is Clc1cccc(OC2CCN(c3nc4ccccc4s3)CC2)c1. The first-order valence-corrected chi connectivity index (χ1v) is 9.00. The maximum atomic E-state index is 6.05. The van der Waals surface area contributed by atoms with Crippen LogP contribution in [0.3, 0.4) is 0 Å². The lowest BCUT2D eigenvalue weighted by Crippen LogP contribution is -2.38. The number of ether oxygens (including phenoxy) is 1. The molecule has 3 nitrogen and oxygen atoms in total. The van der Waals surface area contributed by atoms with E-state index in [1.807, 2.05) is 30.3 Å². The van der Waals surface area contributed by atoms with Crippen LogP contribution >= 0.6 is 22.9 Å². The van der Waals surface area contributed by atoms with Gasteiger partial charge in [-0.2, -0.15) is 0 Å². The van der Waals surface area contributed by atoms with Crippen molar-refractivity contribution in [2.24, 2.45) is 0 Å². The fourth-order valence-corrected chi connectivity index (χ4v) is 4.09. The van der Waals surface area contributed by atoms with Crippen molar-refractivity contribution in [2.45, 2.75) is 18.9 Å². The molecule has 3 aromatic rings. The molecule has 0 aliphatic carbocycles. The number of nitrogens with zero attached hydrogens (tertiary/aromatic N) is 2. The van der Waals surface area contributed by atoms with Crippen LogP contribution in [0, 0.1) is 0 Å². The summed E-state index contributed by atoms with van der Waals surface area (Å²) in [4.78, 5) is 7.11. The van der Waals surface area contributed by atoms with Crippen molar-refractivity contribution in [3.05, 3.63) is 53.6 Å². The average molecular weight is 345 g/mol. The first-order chi connectivity index (χ1) is 11.3. The fourth-order valence-electron chi connectivity index (χ4n) is 2.89. The molecular weight excluding hydrogens is 328 g/mol. The monoisotopic (exact) mass is 344 g/mol. The summed E-state index contributed by atoms with van der Waals surface area (Å²) in [5, 5.41) is 1.84. The van der Waals surface area contributed by atoms with Gasteiger partial charge in [-0.3, -0.25) is 0 Å². The second-order valence-electron chi connectivity index (χ2n) is 5.73. The van der Waals surface area contributed by atoms with Gasteiger partial charge in [0.15, 0.2) is 5.13 Å². The number of rotatable bonds is 3. The Balaban J connectivity index is 1.40. The highest BCUT2D eigenvalue weighted by atomic mass is 35.5. The van der Waals surface area contributed by atoms with E-state index >= 15 is 0 Å². The lowest BCUT2D eigenvalue weighted by Gasteiger charge is -2.31. The molecule has 0 N–H and O–H groups in total. The molecule has 5 heteroatoms. The van der Waals surface area contributed by atoms with E-state index in [1.165, 1.54) is 4.70 Å². The Kier molecular flexibility index (Phi) is 4.10. The van der Waals surface area contributed by atoms with E-state index in [-0.39, 0.29) is 6.10 Å². The molecule has 4 rings (SSSR count). The van der Waals surface area contributed by atoms with Crippen LogP contribution in [-0.2, 0) is 0 Å². The lowest BCUT2D eigenvalue weighted by molar-refractivity contribution is 0.171. The van der Waals surface area contributed by atoms with Crippen LogP contribution in [-0.4, -0.2) is 24.2 Å². The van der Waals surface area contributed by atoms with Gasteiger partial charge in [0.05, 0.1) is 10.2 Å². The first-order valence-electron chi connectivity index (χ1n) is 7.81. The minimum absolute atomic E-state index is 0.249. The zero-order valence-electron chi connectivity index (χ0n) is 12.6. The summed E-state index contributed by atoms with van der Waals surface area (Å²) in [5.74, 6) is 0.857. The molecule has 23 heavy (non-hydrogen) atoms. The molecule has 1 aliphatic rings. The van der Waals surface area contributed by atoms with Crippen LogP contribution in [0.15, 0.2) is 48.5 Å². The molecule has 2 aromatic carbocycles. The van der Waals surface area contributed by atoms with Gasteiger partial charge in [-0.25, -0.2) is 4.98 Å². The number of benzene rings is 2. The van der Waals surface area contributed by atoms with Crippen LogP contribution in [0.2, 0.25) is 5.02 Å². The molecular formula is C18H17ClN2OS. The summed E-state index contributed by atoms with van der Waals surface area (Å²) >= 11 is 7.78. The summed E-state index contributed by atoms with van der Waals surface area (Å²) in [6, 6.07) is 15.9. The van der Waals surface area contributed by atoms with Crippen molar-refractivity contribution >= 4 is 38.3 Å². The van der Waals surface area contributed by atoms with E-state index < -0.39 is 0 Å². The number of para-hydroxylation sites is 1. The van der Waals surface area contributed by atoms with E-state index in [4.69, 9.17) is 21.3 Å². The van der Waals surface area contributed by atoms with Gasteiger partial charge in [-0.15, -0.1) is 0 Å². The molecule has 2 heterocycles. The van der Waals surface area contributed by atoms with Gasteiger partial charge in [0.1, 0.15) is 11.9 Å². The second-order valence-corrected chi connectivity index (χ2v) is 7.17.